The third-order valence-corrected chi connectivity index (χ3v) is 19.9. The maximum absolute atomic E-state index is 4.73. The molecule has 0 aliphatic heterocycles. The molecular formula is C20H17Br5. The minimum atomic E-state index is 0.444. The lowest BCUT2D eigenvalue weighted by Gasteiger charge is -2.55. The Labute approximate surface area is 189 Å². The first kappa shape index (κ1) is 14.4. The second kappa shape index (κ2) is 3.25. The number of halogens is 5. The van der Waals surface area contributed by atoms with E-state index in [2.05, 4.69) is 47.8 Å². The van der Waals surface area contributed by atoms with E-state index in [-0.39, 0.29) is 0 Å². The topological polar surface area (TPSA) is 0 Å². The standard InChI is InChI=1S/C20H17Br5/c21-14-8-4-2-1-3-5(4)9(14)18-11-7-6-10(15(11)22)17(8,18)19(2,24)12(6)16(23)13(7)20(3,18)25/h2-16H,1H2/t2-,3+,4-,5-,6-,7-,8-,9+,10+,11-,12-,13+,14?,15?,16?,17?,18?,19-,20+/m0/s1. The van der Waals surface area contributed by atoms with Crippen molar-refractivity contribution in [2.24, 2.45) is 81.8 Å². The van der Waals surface area contributed by atoms with Crippen molar-refractivity contribution < 1.29 is 0 Å². The number of rotatable bonds is 0. The molecule has 10 aliphatic carbocycles. The summed E-state index contributed by atoms with van der Waals surface area (Å²) in [5.41, 5.74) is 1.17. The molecule has 10 fully saturated rings. The van der Waals surface area contributed by atoms with Crippen LogP contribution in [0.4, 0.5) is 0 Å². The highest BCUT2D eigenvalue weighted by Crippen LogP contribution is 3.10. The smallest absolute Gasteiger partial charge is 0.0399 e. The van der Waals surface area contributed by atoms with Gasteiger partial charge >= 0.3 is 0 Å². The first-order valence-electron chi connectivity index (χ1n) is 10.2. The fourth-order valence-corrected chi connectivity index (χ4v) is 23.7. The van der Waals surface area contributed by atoms with Gasteiger partial charge < -0.3 is 0 Å². The number of hydrogen-bond donors (Lipinski definition) is 0. The van der Waals surface area contributed by atoms with Crippen molar-refractivity contribution in [2.75, 3.05) is 0 Å². The Morgan fingerprint density at radius 1 is 0.520 bits per heavy atom. The maximum Gasteiger partial charge on any atom is 0.0399 e. The van der Waals surface area contributed by atoms with Gasteiger partial charge in [0.25, 0.3) is 0 Å². The number of alkyl halides is 5. The van der Waals surface area contributed by atoms with Crippen molar-refractivity contribution in [1.82, 2.24) is 0 Å². The van der Waals surface area contributed by atoms with E-state index in [1.54, 1.807) is 6.42 Å². The van der Waals surface area contributed by atoms with Crippen molar-refractivity contribution in [3.05, 3.63) is 0 Å². The normalized spacial score (nSPS) is 97.1. The van der Waals surface area contributed by atoms with Gasteiger partial charge in [-0.25, -0.2) is 0 Å². The van der Waals surface area contributed by atoms with Gasteiger partial charge in [-0.2, -0.15) is 0 Å². The van der Waals surface area contributed by atoms with Crippen LogP contribution in [0.25, 0.3) is 0 Å². The molecule has 0 aromatic carbocycles. The Balaban J connectivity index is 1.55. The third kappa shape index (κ3) is 0.743. The summed E-state index contributed by atoms with van der Waals surface area (Å²) in [5, 5.41) is 0. The first-order valence-corrected chi connectivity index (χ1v) is 14.6. The highest BCUT2D eigenvalue weighted by molar-refractivity contribution is 9.11. The molecule has 132 valence electrons. The van der Waals surface area contributed by atoms with Crippen molar-refractivity contribution in [3.63, 3.8) is 0 Å². The molecule has 2 spiro atoms. The zero-order chi connectivity index (χ0) is 16.4. The molecule has 0 nitrogen and oxygen atoms in total. The second-order valence-corrected chi connectivity index (χ2v) is 17.3. The number of hydrogen-bond acceptors (Lipinski definition) is 0. The van der Waals surface area contributed by atoms with Crippen LogP contribution >= 0.6 is 79.6 Å². The summed E-state index contributed by atoms with van der Waals surface area (Å²) < 4.78 is 0.888. The Morgan fingerprint density at radius 3 is 1.32 bits per heavy atom. The van der Waals surface area contributed by atoms with Gasteiger partial charge in [0.2, 0.25) is 0 Å². The molecule has 5 heteroatoms. The van der Waals surface area contributed by atoms with Gasteiger partial charge in [-0.1, -0.05) is 79.6 Å². The van der Waals surface area contributed by atoms with Crippen molar-refractivity contribution in [2.45, 2.75) is 29.6 Å². The predicted octanol–water partition coefficient (Wildman–Crippen LogP) is 5.44. The highest BCUT2D eigenvalue weighted by Gasteiger charge is 3.11. The van der Waals surface area contributed by atoms with Crippen LogP contribution in [-0.2, 0) is 0 Å². The first-order chi connectivity index (χ1) is 11.9. The van der Waals surface area contributed by atoms with Crippen LogP contribution in [0.3, 0.4) is 0 Å². The van der Waals surface area contributed by atoms with Gasteiger partial charge in [-0.05, 0) is 77.4 Å². The summed E-state index contributed by atoms with van der Waals surface area (Å²) in [6.45, 7) is 0. The van der Waals surface area contributed by atoms with Crippen LogP contribution in [-0.4, -0.2) is 23.1 Å². The van der Waals surface area contributed by atoms with Crippen LogP contribution < -0.4 is 0 Å². The van der Waals surface area contributed by atoms with Crippen LogP contribution in [0.5, 0.6) is 0 Å². The summed E-state index contributed by atoms with van der Waals surface area (Å²) in [7, 11) is 0. The summed E-state index contributed by atoms with van der Waals surface area (Å²) in [6.07, 6.45) is 1.54. The van der Waals surface area contributed by atoms with Crippen LogP contribution in [0.2, 0.25) is 0 Å². The Morgan fingerprint density at radius 2 is 0.880 bits per heavy atom. The van der Waals surface area contributed by atoms with Crippen LogP contribution in [0, 0.1) is 81.8 Å². The van der Waals surface area contributed by atoms with Crippen LogP contribution in [0.15, 0.2) is 0 Å². The lowest BCUT2D eigenvalue weighted by atomic mass is 9.51. The van der Waals surface area contributed by atoms with E-state index in [0.717, 1.165) is 85.5 Å². The number of fused-ring (bicyclic) bond motifs is 4. The summed E-state index contributed by atoms with van der Waals surface area (Å²) >= 11 is 22.6. The molecule has 0 radical (unpaired) electrons. The summed E-state index contributed by atoms with van der Waals surface area (Å²) in [5.74, 6) is 11.6. The van der Waals surface area contributed by atoms with Gasteiger partial charge in [-0.3, -0.25) is 0 Å². The highest BCUT2D eigenvalue weighted by atomic mass is 79.9. The predicted molar refractivity (Wildman–Crippen MR) is 113 cm³/mol. The van der Waals surface area contributed by atoms with E-state index in [4.69, 9.17) is 31.9 Å². The second-order valence-electron chi connectivity index (χ2n) is 11.5. The molecule has 4 bridgehead atoms. The third-order valence-electron chi connectivity index (χ3n) is 13.0. The zero-order valence-corrected chi connectivity index (χ0v) is 21.2. The Bertz CT molecular complexity index is 810. The van der Waals surface area contributed by atoms with E-state index in [9.17, 15) is 0 Å². The molecule has 10 aliphatic rings. The van der Waals surface area contributed by atoms with Gasteiger partial charge in [0.1, 0.15) is 0 Å². The van der Waals surface area contributed by atoms with Crippen molar-refractivity contribution in [3.8, 4) is 0 Å². The molecule has 0 amide bonds. The molecule has 0 N–H and O–H groups in total. The van der Waals surface area contributed by atoms with Gasteiger partial charge in [0.15, 0.2) is 0 Å². The van der Waals surface area contributed by atoms with E-state index >= 15 is 0 Å². The lowest BCUT2D eigenvalue weighted by Crippen LogP contribution is -2.57. The Kier molecular flexibility index (Phi) is 1.87. The molecule has 0 saturated heterocycles. The molecule has 10 rings (SSSR count). The fraction of sp³-hybridized carbons (Fsp3) is 1.00. The molecule has 19 atom stereocenters. The van der Waals surface area contributed by atoms with Crippen LogP contribution in [0.1, 0.15) is 6.42 Å². The minimum absolute atomic E-state index is 0.444. The quantitative estimate of drug-likeness (QED) is 0.305. The molecule has 0 aromatic rings. The van der Waals surface area contributed by atoms with E-state index in [0.29, 0.717) is 19.5 Å². The zero-order valence-electron chi connectivity index (χ0n) is 13.3. The maximum atomic E-state index is 4.73. The summed E-state index contributed by atoms with van der Waals surface area (Å²) in [4.78, 5) is 2.39. The van der Waals surface area contributed by atoms with Gasteiger partial charge in [0, 0.05) is 34.0 Å². The molecule has 5 unspecified atom stereocenters. The van der Waals surface area contributed by atoms with E-state index in [1.807, 2.05) is 0 Å². The largest absolute Gasteiger partial charge is 0.0884 e. The van der Waals surface area contributed by atoms with E-state index < -0.39 is 0 Å². The van der Waals surface area contributed by atoms with E-state index in [1.165, 1.54) is 0 Å². The molecule has 25 heavy (non-hydrogen) atoms. The van der Waals surface area contributed by atoms with Crippen molar-refractivity contribution in [1.29, 1.82) is 0 Å². The van der Waals surface area contributed by atoms with Gasteiger partial charge in [0.05, 0.1) is 0 Å². The minimum Gasteiger partial charge on any atom is -0.0884 e. The molecule has 0 heterocycles. The monoisotopic (exact) mass is 652 g/mol. The molecular weight excluding hydrogens is 640 g/mol. The average molecular weight is 657 g/mol. The average Bonchev–Trinajstić information content (AvgIpc) is 3.33. The summed E-state index contributed by atoms with van der Waals surface area (Å²) in [6, 6.07) is 0. The Hall–Kier alpha value is 2.40. The molecule has 10 saturated carbocycles. The fourth-order valence-electron chi connectivity index (χ4n) is 14.5. The van der Waals surface area contributed by atoms with Crippen molar-refractivity contribution >= 4 is 79.6 Å². The SMILES string of the molecule is BrC1[C@@H]2[C@@H]3[C@@H]4[C@H]5C(Br)[C@@H]3[C@]3(Br)[C@@H]6C[C@H]7[C@H]8[C@H]6[C@@H]6C(Br)[C@H]8C([C@@H]14)(C263)[C@@]57Br. The van der Waals surface area contributed by atoms with Gasteiger partial charge in [-0.15, -0.1) is 0 Å². The molecule has 0 aromatic heterocycles. The lowest BCUT2D eigenvalue weighted by molar-refractivity contribution is -0.0472.